The average molecular weight is 267 g/mol. The average Bonchev–Trinajstić information content (AvgIpc) is 2.33. The van der Waals surface area contributed by atoms with Crippen molar-refractivity contribution in [2.75, 3.05) is 0 Å². The van der Waals surface area contributed by atoms with E-state index in [2.05, 4.69) is 0 Å². The van der Waals surface area contributed by atoms with Gasteiger partial charge in [0.25, 0.3) is 0 Å². The summed E-state index contributed by atoms with van der Waals surface area (Å²) in [5.41, 5.74) is 3.81. The smallest absolute Gasteiger partial charge is 0.246 e. The molecule has 106 valence electrons. The molecule has 0 aliphatic rings. The van der Waals surface area contributed by atoms with E-state index in [0.29, 0.717) is 29.9 Å². The van der Waals surface area contributed by atoms with E-state index in [1.807, 2.05) is 13.8 Å². The lowest BCUT2D eigenvalue weighted by Gasteiger charge is -2.17. The van der Waals surface area contributed by atoms with Crippen LogP contribution in [0, 0.1) is 31.5 Å². The Morgan fingerprint density at radius 1 is 1.32 bits per heavy atom. The third-order valence-corrected chi connectivity index (χ3v) is 3.22. The molecule has 19 heavy (non-hydrogen) atoms. The van der Waals surface area contributed by atoms with Gasteiger partial charge in [-0.1, -0.05) is 26.0 Å². The fourth-order valence-electron chi connectivity index (χ4n) is 2.38. The molecule has 0 saturated carbocycles. The summed E-state index contributed by atoms with van der Waals surface area (Å²) < 4.78 is 13.6. The van der Waals surface area contributed by atoms with Crippen molar-refractivity contribution >= 4 is 5.91 Å². The van der Waals surface area contributed by atoms with Crippen LogP contribution < -0.4 is 5.48 Å². The summed E-state index contributed by atoms with van der Waals surface area (Å²) in [5, 5.41) is 8.79. The van der Waals surface area contributed by atoms with Crippen LogP contribution in [0.5, 0.6) is 0 Å². The van der Waals surface area contributed by atoms with Crippen molar-refractivity contribution in [1.82, 2.24) is 5.48 Å². The van der Waals surface area contributed by atoms with Crippen molar-refractivity contribution in [2.45, 2.75) is 40.5 Å². The van der Waals surface area contributed by atoms with Crippen molar-refractivity contribution < 1.29 is 14.4 Å². The highest BCUT2D eigenvalue weighted by Crippen LogP contribution is 2.21. The predicted molar refractivity (Wildman–Crippen MR) is 72.5 cm³/mol. The van der Waals surface area contributed by atoms with Crippen LogP contribution >= 0.6 is 0 Å². The summed E-state index contributed by atoms with van der Waals surface area (Å²) in [7, 11) is 0. The Hall–Kier alpha value is -1.42. The largest absolute Gasteiger partial charge is 0.289 e. The van der Waals surface area contributed by atoms with Gasteiger partial charge >= 0.3 is 0 Å². The van der Waals surface area contributed by atoms with Crippen LogP contribution in [0.4, 0.5) is 4.39 Å². The monoisotopic (exact) mass is 267 g/mol. The van der Waals surface area contributed by atoms with Crippen LogP contribution in [0.1, 0.15) is 37.0 Å². The maximum Gasteiger partial charge on any atom is 0.246 e. The first-order chi connectivity index (χ1) is 8.85. The number of hydrogen-bond acceptors (Lipinski definition) is 2. The molecule has 0 aliphatic carbocycles. The number of hydrogen-bond donors (Lipinski definition) is 2. The van der Waals surface area contributed by atoms with Crippen LogP contribution in [-0.2, 0) is 11.2 Å². The molecule has 4 heteroatoms. The van der Waals surface area contributed by atoms with E-state index in [4.69, 9.17) is 5.21 Å². The normalized spacial score (nSPS) is 12.6. The lowest BCUT2D eigenvalue weighted by Crippen LogP contribution is -2.30. The van der Waals surface area contributed by atoms with Gasteiger partial charge < -0.3 is 0 Å². The lowest BCUT2D eigenvalue weighted by atomic mass is 9.89. The number of carbonyl (C=O) groups is 1. The van der Waals surface area contributed by atoms with E-state index < -0.39 is 0 Å². The van der Waals surface area contributed by atoms with Gasteiger partial charge in [0.2, 0.25) is 5.91 Å². The Labute approximate surface area is 113 Å². The van der Waals surface area contributed by atoms with Crippen LogP contribution in [0.3, 0.4) is 0 Å². The molecule has 0 heterocycles. The predicted octanol–water partition coefficient (Wildman–Crippen LogP) is 3.15. The van der Waals surface area contributed by atoms with E-state index in [-0.39, 0.29) is 17.6 Å². The Balaban J connectivity index is 2.93. The third kappa shape index (κ3) is 4.31. The van der Waals surface area contributed by atoms with Gasteiger partial charge in [-0.2, -0.15) is 0 Å². The second kappa shape index (κ2) is 6.66. The standard InChI is InChI=1S/C15H22FNO2/c1-9(2)5-13(15(18)17-19)8-12-6-10(3)14(16)11(4)7-12/h6-7,9,13,19H,5,8H2,1-4H3,(H,17,18)/t13-/m0/s1. The Morgan fingerprint density at radius 3 is 2.26 bits per heavy atom. The second-order valence-electron chi connectivity index (χ2n) is 5.55. The summed E-state index contributed by atoms with van der Waals surface area (Å²) >= 11 is 0. The van der Waals surface area contributed by atoms with Crippen molar-refractivity contribution in [3.8, 4) is 0 Å². The molecular formula is C15H22FNO2. The second-order valence-corrected chi connectivity index (χ2v) is 5.55. The molecule has 0 saturated heterocycles. The van der Waals surface area contributed by atoms with Gasteiger partial charge in [0.15, 0.2) is 0 Å². The molecule has 1 amide bonds. The topological polar surface area (TPSA) is 49.3 Å². The molecule has 2 N–H and O–H groups in total. The molecule has 0 spiro atoms. The van der Waals surface area contributed by atoms with Gasteiger partial charge in [-0.25, -0.2) is 9.87 Å². The van der Waals surface area contributed by atoms with Crippen molar-refractivity contribution in [3.63, 3.8) is 0 Å². The maximum absolute atomic E-state index is 13.6. The fraction of sp³-hybridized carbons (Fsp3) is 0.533. The summed E-state index contributed by atoms with van der Waals surface area (Å²) in [5.74, 6) is -0.525. The zero-order valence-corrected chi connectivity index (χ0v) is 12.0. The molecule has 0 aliphatic heterocycles. The number of aryl methyl sites for hydroxylation is 2. The summed E-state index contributed by atoms with van der Waals surface area (Å²) in [4.78, 5) is 11.7. The van der Waals surface area contributed by atoms with Gasteiger partial charge in [0.05, 0.1) is 0 Å². The SMILES string of the molecule is Cc1cc(C[C@H](CC(C)C)C(=O)NO)cc(C)c1F. The summed E-state index contributed by atoms with van der Waals surface area (Å²) in [6, 6.07) is 3.53. The fourth-order valence-corrected chi connectivity index (χ4v) is 2.38. The molecule has 1 aromatic carbocycles. The van der Waals surface area contributed by atoms with E-state index in [9.17, 15) is 9.18 Å². The molecule has 0 radical (unpaired) electrons. The van der Waals surface area contributed by atoms with Crippen LogP contribution in [0.25, 0.3) is 0 Å². The minimum Gasteiger partial charge on any atom is -0.289 e. The van der Waals surface area contributed by atoms with E-state index in [1.165, 1.54) is 0 Å². The maximum atomic E-state index is 13.6. The Bertz CT molecular complexity index is 434. The number of benzene rings is 1. The van der Waals surface area contributed by atoms with E-state index >= 15 is 0 Å². The number of hydroxylamine groups is 1. The number of amides is 1. The summed E-state index contributed by atoms with van der Waals surface area (Å²) in [6.45, 7) is 7.49. The summed E-state index contributed by atoms with van der Waals surface area (Å²) in [6.07, 6.45) is 1.19. The van der Waals surface area contributed by atoms with Crippen LogP contribution in [0.15, 0.2) is 12.1 Å². The molecule has 0 unspecified atom stereocenters. The molecule has 1 atom stereocenters. The Morgan fingerprint density at radius 2 is 1.84 bits per heavy atom. The zero-order chi connectivity index (χ0) is 14.6. The minimum atomic E-state index is -0.381. The van der Waals surface area contributed by atoms with Crippen molar-refractivity contribution in [3.05, 3.63) is 34.6 Å². The molecule has 1 aromatic rings. The first-order valence-corrected chi connectivity index (χ1v) is 6.54. The molecule has 0 bridgehead atoms. The van der Waals surface area contributed by atoms with Gasteiger partial charge in [-0.3, -0.25) is 10.0 Å². The molecule has 0 aromatic heterocycles. The quantitative estimate of drug-likeness (QED) is 0.636. The number of rotatable bonds is 5. The molecule has 0 fully saturated rings. The highest BCUT2D eigenvalue weighted by Gasteiger charge is 2.20. The highest BCUT2D eigenvalue weighted by atomic mass is 19.1. The van der Waals surface area contributed by atoms with Gasteiger partial charge in [0.1, 0.15) is 5.82 Å². The third-order valence-electron chi connectivity index (χ3n) is 3.22. The number of nitrogens with one attached hydrogen (secondary N) is 1. The van der Waals surface area contributed by atoms with Gasteiger partial charge in [-0.15, -0.1) is 0 Å². The highest BCUT2D eigenvalue weighted by molar-refractivity contribution is 5.77. The first kappa shape index (κ1) is 15.6. The number of halogens is 1. The zero-order valence-electron chi connectivity index (χ0n) is 12.0. The lowest BCUT2D eigenvalue weighted by molar-refractivity contribution is -0.133. The van der Waals surface area contributed by atoms with Crippen LogP contribution in [0.2, 0.25) is 0 Å². The molecule has 3 nitrogen and oxygen atoms in total. The molecule has 1 rings (SSSR count). The van der Waals surface area contributed by atoms with E-state index in [0.717, 1.165) is 5.56 Å². The first-order valence-electron chi connectivity index (χ1n) is 6.54. The van der Waals surface area contributed by atoms with Crippen molar-refractivity contribution in [2.24, 2.45) is 11.8 Å². The molecular weight excluding hydrogens is 245 g/mol. The number of carbonyl (C=O) groups excluding carboxylic acids is 1. The van der Waals surface area contributed by atoms with Crippen LogP contribution in [-0.4, -0.2) is 11.1 Å². The Kier molecular flexibility index (Phi) is 5.48. The van der Waals surface area contributed by atoms with E-state index in [1.54, 1.807) is 31.5 Å². The minimum absolute atomic E-state index is 0.198. The van der Waals surface area contributed by atoms with Crippen molar-refractivity contribution in [1.29, 1.82) is 0 Å². The van der Waals surface area contributed by atoms with Gasteiger partial charge in [-0.05, 0) is 49.3 Å². The van der Waals surface area contributed by atoms with Gasteiger partial charge in [0, 0.05) is 5.92 Å².